The third kappa shape index (κ3) is 3.36. The number of hydrogen-bond acceptors (Lipinski definition) is 5. The number of benzene rings is 3. The molecule has 32 heavy (non-hydrogen) atoms. The highest BCUT2D eigenvalue weighted by Gasteiger charge is 2.26. The Morgan fingerprint density at radius 2 is 1.69 bits per heavy atom. The molecule has 1 aromatic heterocycles. The highest BCUT2D eigenvalue weighted by atomic mass is 19.1. The summed E-state index contributed by atoms with van der Waals surface area (Å²) in [6.07, 6.45) is 3.63. The van der Waals surface area contributed by atoms with Gasteiger partial charge >= 0.3 is 0 Å². The van der Waals surface area contributed by atoms with E-state index in [0.29, 0.717) is 50.4 Å². The fraction of sp³-hybridized carbons (Fsp3) is 0.200. The standard InChI is InChI=1S/C25H21FN2O4/c1-30-22-11-18-19(12-23(22)31-2)28-8-7-20(18)32-21-6-5-15-16(24(21)26)9-14(13-3-4-13)10-17(15)25(27)29/h5-13H,3-4H2,1-2H3,(H2,27,29). The molecule has 1 saturated carbocycles. The molecule has 2 N–H and O–H groups in total. The Labute approximate surface area is 183 Å². The first-order valence-corrected chi connectivity index (χ1v) is 10.2. The monoisotopic (exact) mass is 432 g/mol. The molecule has 5 rings (SSSR count). The second-order valence-electron chi connectivity index (χ2n) is 7.82. The molecule has 3 aromatic carbocycles. The number of ether oxygens (including phenoxy) is 3. The minimum atomic E-state index is -0.577. The third-order valence-corrected chi connectivity index (χ3v) is 5.80. The minimum Gasteiger partial charge on any atom is -0.493 e. The summed E-state index contributed by atoms with van der Waals surface area (Å²) in [7, 11) is 3.09. The molecule has 0 saturated heterocycles. The Balaban J connectivity index is 1.64. The second-order valence-corrected chi connectivity index (χ2v) is 7.82. The van der Waals surface area contributed by atoms with E-state index in [2.05, 4.69) is 4.98 Å². The average Bonchev–Trinajstić information content (AvgIpc) is 3.65. The maximum Gasteiger partial charge on any atom is 0.249 e. The smallest absolute Gasteiger partial charge is 0.249 e. The van der Waals surface area contributed by atoms with Gasteiger partial charge in [-0.25, -0.2) is 4.39 Å². The van der Waals surface area contributed by atoms with Crippen LogP contribution in [0.3, 0.4) is 0 Å². The van der Waals surface area contributed by atoms with Crippen molar-refractivity contribution in [2.24, 2.45) is 5.73 Å². The van der Waals surface area contributed by atoms with Crippen LogP contribution in [0.4, 0.5) is 4.39 Å². The Morgan fingerprint density at radius 1 is 0.938 bits per heavy atom. The van der Waals surface area contributed by atoms with Crippen molar-refractivity contribution < 1.29 is 23.4 Å². The van der Waals surface area contributed by atoms with Crippen LogP contribution >= 0.6 is 0 Å². The lowest BCUT2D eigenvalue weighted by molar-refractivity contribution is 0.100. The quantitative estimate of drug-likeness (QED) is 0.446. The molecule has 1 fully saturated rings. The lowest BCUT2D eigenvalue weighted by Gasteiger charge is -2.14. The Kier molecular flexibility index (Phi) is 4.81. The molecule has 4 aromatic rings. The Bertz CT molecular complexity index is 1380. The van der Waals surface area contributed by atoms with E-state index in [1.165, 1.54) is 13.2 Å². The molecule has 0 aliphatic heterocycles. The molecule has 1 heterocycles. The zero-order valence-corrected chi connectivity index (χ0v) is 17.6. The van der Waals surface area contributed by atoms with Crippen molar-refractivity contribution in [1.82, 2.24) is 4.98 Å². The molecule has 0 spiro atoms. The lowest BCUT2D eigenvalue weighted by atomic mass is 9.97. The summed E-state index contributed by atoms with van der Waals surface area (Å²) < 4.78 is 32.3. The average molecular weight is 432 g/mol. The molecular formula is C25H21FN2O4. The van der Waals surface area contributed by atoms with Crippen molar-refractivity contribution in [3.8, 4) is 23.0 Å². The lowest BCUT2D eigenvalue weighted by Crippen LogP contribution is -2.12. The predicted molar refractivity (Wildman–Crippen MR) is 119 cm³/mol. The number of nitrogens with zero attached hydrogens (tertiary/aromatic N) is 1. The fourth-order valence-electron chi connectivity index (χ4n) is 3.99. The van der Waals surface area contributed by atoms with E-state index in [1.807, 2.05) is 0 Å². The van der Waals surface area contributed by atoms with Gasteiger partial charge in [0.1, 0.15) is 5.75 Å². The van der Waals surface area contributed by atoms with Crippen LogP contribution in [0, 0.1) is 5.82 Å². The van der Waals surface area contributed by atoms with Crippen LogP contribution in [0.15, 0.2) is 48.7 Å². The van der Waals surface area contributed by atoms with Gasteiger partial charge in [-0.2, -0.15) is 0 Å². The maximum atomic E-state index is 15.6. The molecular weight excluding hydrogens is 411 g/mol. The van der Waals surface area contributed by atoms with Crippen LogP contribution in [-0.4, -0.2) is 25.1 Å². The summed E-state index contributed by atoms with van der Waals surface area (Å²) in [5, 5.41) is 1.44. The number of rotatable bonds is 6. The van der Waals surface area contributed by atoms with E-state index >= 15 is 4.39 Å². The van der Waals surface area contributed by atoms with Crippen molar-refractivity contribution >= 4 is 27.6 Å². The number of pyridine rings is 1. The number of hydrogen-bond donors (Lipinski definition) is 1. The summed E-state index contributed by atoms with van der Waals surface area (Å²) in [6, 6.07) is 11.9. The summed E-state index contributed by atoms with van der Waals surface area (Å²) in [4.78, 5) is 16.3. The van der Waals surface area contributed by atoms with Gasteiger partial charge in [-0.15, -0.1) is 0 Å². The predicted octanol–water partition coefficient (Wildman–Crippen LogP) is 5.31. The van der Waals surface area contributed by atoms with Gasteiger partial charge in [0, 0.05) is 28.6 Å². The van der Waals surface area contributed by atoms with Crippen molar-refractivity contribution in [2.45, 2.75) is 18.8 Å². The number of amides is 1. The molecule has 1 amide bonds. The van der Waals surface area contributed by atoms with Crippen LogP contribution in [0.5, 0.6) is 23.0 Å². The summed E-state index contributed by atoms with van der Waals surface area (Å²) >= 11 is 0. The largest absolute Gasteiger partial charge is 0.493 e. The zero-order chi connectivity index (χ0) is 22.4. The van der Waals surface area contributed by atoms with E-state index in [-0.39, 0.29) is 5.75 Å². The highest BCUT2D eigenvalue weighted by Crippen LogP contribution is 2.43. The molecule has 1 aliphatic rings. The summed E-state index contributed by atoms with van der Waals surface area (Å²) in [6.45, 7) is 0. The molecule has 162 valence electrons. The summed E-state index contributed by atoms with van der Waals surface area (Å²) in [5.74, 6) is 0.730. The van der Waals surface area contributed by atoms with Crippen LogP contribution in [0.25, 0.3) is 21.7 Å². The van der Waals surface area contributed by atoms with Gasteiger partial charge in [0.25, 0.3) is 0 Å². The molecule has 0 unspecified atom stereocenters. The number of halogens is 1. The molecule has 6 nitrogen and oxygen atoms in total. The number of aromatic nitrogens is 1. The number of nitrogens with two attached hydrogens (primary N) is 1. The van der Waals surface area contributed by atoms with Gasteiger partial charge in [-0.05, 0) is 66.1 Å². The van der Waals surface area contributed by atoms with Gasteiger partial charge < -0.3 is 19.9 Å². The number of carbonyl (C=O) groups is 1. The number of fused-ring (bicyclic) bond motifs is 2. The third-order valence-electron chi connectivity index (χ3n) is 5.80. The van der Waals surface area contributed by atoms with Gasteiger partial charge in [0.05, 0.1) is 19.7 Å². The van der Waals surface area contributed by atoms with Crippen molar-refractivity contribution in [3.05, 3.63) is 65.6 Å². The number of primary amides is 1. The molecule has 0 radical (unpaired) electrons. The topological polar surface area (TPSA) is 83.7 Å². The first-order chi connectivity index (χ1) is 15.5. The van der Waals surface area contributed by atoms with Crippen molar-refractivity contribution in [3.63, 3.8) is 0 Å². The van der Waals surface area contributed by atoms with E-state index in [0.717, 1.165) is 18.4 Å². The van der Waals surface area contributed by atoms with Gasteiger partial charge in [-0.1, -0.05) is 0 Å². The van der Waals surface area contributed by atoms with Crippen LogP contribution < -0.4 is 19.9 Å². The van der Waals surface area contributed by atoms with E-state index in [9.17, 15) is 4.79 Å². The normalized spacial score (nSPS) is 13.3. The van der Waals surface area contributed by atoms with Crippen LogP contribution in [0.1, 0.15) is 34.7 Å². The van der Waals surface area contributed by atoms with Gasteiger partial charge in [0.15, 0.2) is 23.1 Å². The second kappa shape index (κ2) is 7.67. The maximum absolute atomic E-state index is 15.6. The van der Waals surface area contributed by atoms with Crippen LogP contribution in [-0.2, 0) is 0 Å². The van der Waals surface area contributed by atoms with Gasteiger partial charge in [-0.3, -0.25) is 9.78 Å². The number of methoxy groups -OCH3 is 2. The van der Waals surface area contributed by atoms with Crippen molar-refractivity contribution in [1.29, 1.82) is 0 Å². The zero-order valence-electron chi connectivity index (χ0n) is 17.6. The first-order valence-electron chi connectivity index (χ1n) is 10.2. The van der Waals surface area contributed by atoms with E-state index in [4.69, 9.17) is 19.9 Å². The molecule has 0 bridgehead atoms. The van der Waals surface area contributed by atoms with Crippen LogP contribution in [0.2, 0.25) is 0 Å². The van der Waals surface area contributed by atoms with Crippen molar-refractivity contribution in [2.75, 3.05) is 14.2 Å². The van der Waals surface area contributed by atoms with Gasteiger partial charge in [0.2, 0.25) is 5.91 Å². The Hall–Kier alpha value is -3.87. The van der Waals surface area contributed by atoms with E-state index < -0.39 is 11.7 Å². The first kappa shape index (κ1) is 20.1. The highest BCUT2D eigenvalue weighted by molar-refractivity contribution is 6.07. The fourth-order valence-corrected chi connectivity index (χ4v) is 3.99. The van der Waals surface area contributed by atoms with E-state index in [1.54, 1.807) is 49.7 Å². The summed E-state index contributed by atoms with van der Waals surface area (Å²) in [5.41, 5.74) is 7.44. The SMILES string of the molecule is COc1cc2nccc(Oc3ccc4c(C(N)=O)cc(C5CC5)cc4c3F)c2cc1OC. The molecule has 1 aliphatic carbocycles. The minimum absolute atomic E-state index is 0.0446. The number of carbonyl (C=O) groups excluding carboxylic acids is 1. The Morgan fingerprint density at radius 3 is 2.38 bits per heavy atom. The molecule has 7 heteroatoms. The molecule has 0 atom stereocenters.